The van der Waals surface area contributed by atoms with Gasteiger partial charge in [-0.25, -0.2) is 0 Å². The van der Waals surface area contributed by atoms with Crippen LogP contribution in [0.1, 0.15) is 18.9 Å². The zero-order valence-electron chi connectivity index (χ0n) is 9.32. The van der Waals surface area contributed by atoms with E-state index >= 15 is 0 Å². The Labute approximate surface area is 94.8 Å². The van der Waals surface area contributed by atoms with E-state index in [2.05, 4.69) is 5.32 Å². The molecule has 0 fully saturated rings. The number of ketones is 1. The molecule has 16 heavy (non-hydrogen) atoms. The Bertz CT molecular complexity index is 371. The van der Waals surface area contributed by atoms with E-state index in [1.165, 1.54) is 6.92 Å². The second kappa shape index (κ2) is 6.02. The van der Waals surface area contributed by atoms with Crippen molar-refractivity contribution in [2.75, 3.05) is 11.9 Å². The van der Waals surface area contributed by atoms with E-state index in [1.54, 1.807) is 0 Å². The van der Waals surface area contributed by atoms with Crippen molar-refractivity contribution in [3.63, 3.8) is 0 Å². The average Bonchev–Trinajstić information content (AvgIpc) is 2.20. The summed E-state index contributed by atoms with van der Waals surface area (Å²) >= 11 is 0. The van der Waals surface area contributed by atoms with Crippen molar-refractivity contribution in [3.05, 3.63) is 29.8 Å². The Morgan fingerprint density at radius 3 is 2.38 bits per heavy atom. The number of hydrogen-bond acceptors (Lipinski definition) is 3. The molecule has 86 valence electrons. The number of amides is 1. The summed E-state index contributed by atoms with van der Waals surface area (Å²) in [5, 5.41) is 2.65. The molecule has 0 heterocycles. The molecule has 0 bridgehead atoms. The van der Waals surface area contributed by atoms with Gasteiger partial charge in [-0.1, -0.05) is 12.1 Å². The number of carbonyl (C=O) groups is 2. The summed E-state index contributed by atoms with van der Waals surface area (Å²) in [6.45, 7) is 2.00. The minimum atomic E-state index is -0.279. The maximum absolute atomic E-state index is 11.3. The fraction of sp³-hybridized carbons (Fsp3) is 0.333. The molecule has 0 aromatic heterocycles. The van der Waals surface area contributed by atoms with Crippen molar-refractivity contribution in [3.8, 4) is 0 Å². The molecular formula is C12H16N2O2. The summed E-state index contributed by atoms with van der Waals surface area (Å²) in [6, 6.07) is 7.44. The van der Waals surface area contributed by atoms with Gasteiger partial charge in [-0.2, -0.15) is 0 Å². The van der Waals surface area contributed by atoms with Gasteiger partial charge in [0.05, 0.1) is 6.42 Å². The van der Waals surface area contributed by atoms with Crippen LogP contribution in [0.15, 0.2) is 24.3 Å². The molecule has 0 aliphatic carbocycles. The van der Waals surface area contributed by atoms with E-state index in [4.69, 9.17) is 5.73 Å². The molecular weight excluding hydrogens is 204 g/mol. The third-order valence-corrected chi connectivity index (χ3v) is 2.08. The van der Waals surface area contributed by atoms with Crippen LogP contribution in [0.3, 0.4) is 0 Å². The lowest BCUT2D eigenvalue weighted by Crippen LogP contribution is -2.14. The highest BCUT2D eigenvalue weighted by atomic mass is 16.2. The molecule has 1 aromatic rings. The molecule has 1 aromatic carbocycles. The van der Waals surface area contributed by atoms with Gasteiger partial charge in [-0.3, -0.25) is 9.59 Å². The van der Waals surface area contributed by atoms with Crippen LogP contribution in [0.4, 0.5) is 5.69 Å². The Kier molecular flexibility index (Phi) is 4.66. The third kappa shape index (κ3) is 4.23. The standard InChI is InChI=1S/C12H16N2O2/c1-9(15)8-12(16)14-11-4-2-10(3-5-11)6-7-13/h2-5H,6-8,13H2,1H3,(H,14,16). The summed E-state index contributed by atoms with van der Waals surface area (Å²) in [4.78, 5) is 22.0. The number of nitrogens with two attached hydrogens (primary N) is 1. The molecule has 1 amide bonds. The Hall–Kier alpha value is -1.68. The van der Waals surface area contributed by atoms with Gasteiger partial charge in [0.1, 0.15) is 5.78 Å². The summed E-state index contributed by atoms with van der Waals surface area (Å²) < 4.78 is 0. The average molecular weight is 220 g/mol. The smallest absolute Gasteiger partial charge is 0.231 e. The number of Topliss-reactive ketones (excluding diaryl/α,β-unsaturated/α-hetero) is 1. The van der Waals surface area contributed by atoms with E-state index < -0.39 is 0 Å². The highest BCUT2D eigenvalue weighted by Crippen LogP contribution is 2.10. The first-order chi connectivity index (χ1) is 7.61. The van der Waals surface area contributed by atoms with Crippen LogP contribution in [0, 0.1) is 0 Å². The van der Waals surface area contributed by atoms with Crippen molar-refractivity contribution < 1.29 is 9.59 Å². The highest BCUT2D eigenvalue weighted by Gasteiger charge is 2.04. The second-order valence-corrected chi connectivity index (χ2v) is 3.66. The topological polar surface area (TPSA) is 72.2 Å². The van der Waals surface area contributed by atoms with Gasteiger partial charge in [0.15, 0.2) is 0 Å². The van der Waals surface area contributed by atoms with Gasteiger partial charge in [0, 0.05) is 5.69 Å². The molecule has 0 radical (unpaired) electrons. The molecule has 0 spiro atoms. The van der Waals surface area contributed by atoms with Crippen molar-refractivity contribution in [2.24, 2.45) is 5.73 Å². The van der Waals surface area contributed by atoms with E-state index in [1.807, 2.05) is 24.3 Å². The molecule has 0 saturated heterocycles. The van der Waals surface area contributed by atoms with Crippen LogP contribution in [0.25, 0.3) is 0 Å². The molecule has 0 aliphatic heterocycles. The lowest BCUT2D eigenvalue weighted by Gasteiger charge is -2.05. The van der Waals surface area contributed by atoms with Crippen LogP contribution in [0.2, 0.25) is 0 Å². The lowest BCUT2D eigenvalue weighted by molar-refractivity contribution is -0.124. The van der Waals surface area contributed by atoms with E-state index in [0.29, 0.717) is 12.2 Å². The third-order valence-electron chi connectivity index (χ3n) is 2.08. The highest BCUT2D eigenvalue weighted by molar-refractivity contribution is 6.03. The first kappa shape index (κ1) is 12.4. The zero-order chi connectivity index (χ0) is 12.0. The Morgan fingerprint density at radius 2 is 1.88 bits per heavy atom. The van der Waals surface area contributed by atoms with Gasteiger partial charge in [0.25, 0.3) is 0 Å². The number of anilines is 1. The first-order valence-electron chi connectivity index (χ1n) is 5.20. The van der Waals surface area contributed by atoms with Gasteiger partial charge in [0.2, 0.25) is 5.91 Å². The van der Waals surface area contributed by atoms with E-state index in [9.17, 15) is 9.59 Å². The van der Waals surface area contributed by atoms with Gasteiger partial charge in [-0.15, -0.1) is 0 Å². The number of hydrogen-bond donors (Lipinski definition) is 2. The van der Waals surface area contributed by atoms with Gasteiger partial charge >= 0.3 is 0 Å². The van der Waals surface area contributed by atoms with Crippen molar-refractivity contribution in [1.29, 1.82) is 0 Å². The molecule has 0 atom stereocenters. The summed E-state index contributed by atoms with van der Waals surface area (Å²) in [6.07, 6.45) is 0.742. The number of rotatable bonds is 5. The fourth-order valence-corrected chi connectivity index (χ4v) is 1.35. The quantitative estimate of drug-likeness (QED) is 0.730. The number of carbonyl (C=O) groups excluding carboxylic acids is 2. The summed E-state index contributed by atoms with van der Waals surface area (Å²) in [5.41, 5.74) is 7.26. The monoisotopic (exact) mass is 220 g/mol. The number of nitrogens with one attached hydrogen (secondary N) is 1. The Morgan fingerprint density at radius 1 is 1.25 bits per heavy atom. The van der Waals surface area contributed by atoms with Crippen LogP contribution in [-0.4, -0.2) is 18.2 Å². The summed E-state index contributed by atoms with van der Waals surface area (Å²) in [7, 11) is 0. The Balaban J connectivity index is 2.54. The minimum absolute atomic E-state index is 0.0788. The van der Waals surface area contributed by atoms with E-state index in [0.717, 1.165) is 12.0 Å². The maximum atomic E-state index is 11.3. The largest absolute Gasteiger partial charge is 0.330 e. The molecule has 1 rings (SSSR count). The normalized spacial score (nSPS) is 9.88. The molecule has 0 aliphatic rings. The van der Waals surface area contributed by atoms with Crippen LogP contribution in [-0.2, 0) is 16.0 Å². The fourth-order valence-electron chi connectivity index (χ4n) is 1.35. The maximum Gasteiger partial charge on any atom is 0.231 e. The van der Waals surface area contributed by atoms with E-state index in [-0.39, 0.29) is 18.1 Å². The first-order valence-corrected chi connectivity index (χ1v) is 5.20. The predicted molar refractivity (Wildman–Crippen MR) is 63.1 cm³/mol. The zero-order valence-corrected chi connectivity index (χ0v) is 9.32. The summed E-state index contributed by atoms with van der Waals surface area (Å²) in [5.74, 6) is -0.420. The molecule has 4 heteroatoms. The van der Waals surface area contributed by atoms with Crippen LogP contribution >= 0.6 is 0 Å². The molecule has 4 nitrogen and oxygen atoms in total. The molecule has 0 saturated carbocycles. The van der Waals surface area contributed by atoms with Crippen LogP contribution in [0.5, 0.6) is 0 Å². The van der Waals surface area contributed by atoms with Crippen LogP contribution < -0.4 is 11.1 Å². The van der Waals surface area contributed by atoms with Crippen molar-refractivity contribution in [1.82, 2.24) is 0 Å². The van der Waals surface area contributed by atoms with Crippen molar-refractivity contribution >= 4 is 17.4 Å². The van der Waals surface area contributed by atoms with Gasteiger partial charge in [-0.05, 0) is 37.6 Å². The second-order valence-electron chi connectivity index (χ2n) is 3.66. The predicted octanol–water partition coefficient (Wildman–Crippen LogP) is 1.11. The SMILES string of the molecule is CC(=O)CC(=O)Nc1ccc(CCN)cc1. The molecule has 3 N–H and O–H groups in total. The van der Waals surface area contributed by atoms with Gasteiger partial charge < -0.3 is 11.1 Å². The minimum Gasteiger partial charge on any atom is -0.330 e. The lowest BCUT2D eigenvalue weighted by atomic mass is 10.1. The molecule has 0 unspecified atom stereocenters. The number of benzene rings is 1. The van der Waals surface area contributed by atoms with Crippen molar-refractivity contribution in [2.45, 2.75) is 19.8 Å².